The predicted octanol–water partition coefficient (Wildman–Crippen LogP) is 2.65. The Morgan fingerprint density at radius 3 is 2.57 bits per heavy atom. The number of tetrazole rings is 1. The quantitative estimate of drug-likeness (QED) is 0.862. The van der Waals surface area contributed by atoms with Gasteiger partial charge in [-0.15, -0.1) is 5.10 Å². The summed E-state index contributed by atoms with van der Waals surface area (Å²) in [4.78, 5) is 4.19. The summed E-state index contributed by atoms with van der Waals surface area (Å²) in [5.74, 6) is 1.12. The number of hydrogen-bond donors (Lipinski definition) is 1. The topological polar surface area (TPSA) is 51.3 Å². The van der Waals surface area contributed by atoms with Gasteiger partial charge in [0, 0.05) is 12.1 Å². The number of benzene rings is 1. The van der Waals surface area contributed by atoms with E-state index in [0.29, 0.717) is 12.1 Å². The molecule has 152 valence electrons. The van der Waals surface area contributed by atoms with Crippen molar-refractivity contribution in [2.45, 2.75) is 71.4 Å². The second kappa shape index (κ2) is 8.60. The summed E-state index contributed by atoms with van der Waals surface area (Å²) < 4.78 is 2.18. The number of quaternary nitrogens is 1. The van der Waals surface area contributed by atoms with Crippen molar-refractivity contribution in [2.24, 2.45) is 0 Å². The number of rotatable bonds is 5. The van der Waals surface area contributed by atoms with E-state index in [1.54, 1.807) is 4.90 Å². The highest BCUT2D eigenvalue weighted by molar-refractivity contribution is 5.56. The van der Waals surface area contributed by atoms with E-state index in [1.807, 2.05) is 0 Å². The highest BCUT2D eigenvalue weighted by Gasteiger charge is 2.33. The number of nitrogens with one attached hydrogen (secondary N) is 1. The fraction of sp³-hybridized carbons (Fsp3) is 0.682. The normalized spacial score (nSPS) is 20.5. The van der Waals surface area contributed by atoms with Crippen LogP contribution in [-0.4, -0.2) is 46.4 Å². The fourth-order valence-electron chi connectivity index (χ4n) is 5.13. The molecule has 0 radical (unpaired) electrons. The zero-order valence-corrected chi connectivity index (χ0v) is 17.7. The first-order valence-electron chi connectivity index (χ1n) is 11.1. The van der Waals surface area contributed by atoms with Crippen molar-refractivity contribution in [1.29, 1.82) is 0 Å². The molecule has 1 atom stereocenters. The van der Waals surface area contributed by atoms with Gasteiger partial charge >= 0.3 is 0 Å². The molecule has 2 aromatic rings. The van der Waals surface area contributed by atoms with Gasteiger partial charge in [0.2, 0.25) is 5.82 Å². The van der Waals surface area contributed by atoms with Gasteiger partial charge in [-0.25, -0.2) is 4.68 Å². The Labute approximate surface area is 168 Å². The van der Waals surface area contributed by atoms with Gasteiger partial charge in [-0.3, -0.25) is 0 Å². The Kier molecular flexibility index (Phi) is 5.95. The molecule has 0 amide bonds. The average molecular weight is 384 g/mol. The molecule has 1 aliphatic heterocycles. The van der Waals surface area contributed by atoms with Crippen molar-refractivity contribution in [1.82, 2.24) is 20.2 Å². The van der Waals surface area contributed by atoms with Crippen LogP contribution in [0.5, 0.6) is 0 Å². The van der Waals surface area contributed by atoms with E-state index in [1.165, 1.54) is 48.9 Å². The fourth-order valence-corrected chi connectivity index (χ4v) is 5.13. The van der Waals surface area contributed by atoms with Crippen molar-refractivity contribution in [2.75, 3.05) is 31.1 Å². The summed E-state index contributed by atoms with van der Waals surface area (Å²) in [6.45, 7) is 11.2. The molecule has 2 aliphatic rings. The first-order valence-corrected chi connectivity index (χ1v) is 11.1. The molecular weight excluding hydrogens is 348 g/mol. The van der Waals surface area contributed by atoms with Crippen molar-refractivity contribution in [3.63, 3.8) is 0 Å². The molecule has 1 aromatic heterocycles. The number of hydrogen-bond acceptors (Lipinski definition) is 4. The molecule has 1 aliphatic carbocycles. The lowest BCUT2D eigenvalue weighted by Gasteiger charge is -2.38. The predicted molar refractivity (Wildman–Crippen MR) is 112 cm³/mol. The Morgan fingerprint density at radius 1 is 1.11 bits per heavy atom. The van der Waals surface area contributed by atoms with Crippen molar-refractivity contribution in [3.05, 3.63) is 35.2 Å². The van der Waals surface area contributed by atoms with E-state index in [2.05, 4.69) is 64.1 Å². The van der Waals surface area contributed by atoms with E-state index >= 15 is 0 Å². The van der Waals surface area contributed by atoms with Gasteiger partial charge in [0.05, 0.1) is 32.2 Å². The van der Waals surface area contributed by atoms with Gasteiger partial charge in [-0.2, -0.15) is 0 Å². The minimum atomic E-state index is 0.401. The van der Waals surface area contributed by atoms with Crippen molar-refractivity contribution in [3.8, 4) is 0 Å². The van der Waals surface area contributed by atoms with Gasteiger partial charge in [0.1, 0.15) is 6.04 Å². The highest BCUT2D eigenvalue weighted by atomic mass is 15.6. The maximum Gasteiger partial charge on any atom is 0.209 e. The standard InChI is InChI=1S/C22H34N6/c1-4-20(22-23-24-25-28(22)19-10-6-5-7-11-19)26-13-15-27(16-14-26)21-12-8-9-17(2)18(21)3/h8-9,12,19-20H,4-7,10-11,13-16H2,1-3H3/p+1/t20-/m1/s1. The first kappa shape index (κ1) is 19.4. The zero-order valence-electron chi connectivity index (χ0n) is 17.7. The molecule has 1 saturated carbocycles. The Morgan fingerprint density at radius 2 is 1.86 bits per heavy atom. The van der Waals surface area contributed by atoms with Crippen LogP contribution in [-0.2, 0) is 0 Å². The van der Waals surface area contributed by atoms with Gasteiger partial charge < -0.3 is 9.80 Å². The van der Waals surface area contributed by atoms with Crippen LogP contribution in [0.15, 0.2) is 18.2 Å². The molecule has 2 heterocycles. The lowest BCUT2D eigenvalue weighted by molar-refractivity contribution is -0.933. The summed E-state index contributed by atoms with van der Waals surface area (Å²) in [6, 6.07) is 7.57. The average Bonchev–Trinajstić information content (AvgIpc) is 3.21. The minimum Gasteiger partial charge on any atom is -0.360 e. The van der Waals surface area contributed by atoms with Crippen LogP contribution in [0, 0.1) is 13.8 Å². The SMILES string of the molecule is CC[C@H](c1nnnn1C1CCCCC1)[NH+]1CCN(c2cccc(C)c2C)CC1. The van der Waals surface area contributed by atoms with E-state index in [0.717, 1.165) is 38.4 Å². The Hall–Kier alpha value is -1.95. The second-order valence-electron chi connectivity index (χ2n) is 8.60. The number of piperazine rings is 1. The van der Waals surface area contributed by atoms with Crippen LogP contribution in [0.25, 0.3) is 0 Å². The number of anilines is 1. The molecule has 28 heavy (non-hydrogen) atoms. The Bertz CT molecular complexity index is 771. The van der Waals surface area contributed by atoms with E-state index in [9.17, 15) is 0 Å². The maximum atomic E-state index is 4.51. The summed E-state index contributed by atoms with van der Waals surface area (Å²) in [5, 5.41) is 13.0. The largest absolute Gasteiger partial charge is 0.360 e. The molecule has 0 bridgehead atoms. The molecule has 0 unspecified atom stereocenters. The molecule has 4 rings (SSSR count). The summed E-state index contributed by atoms with van der Waals surface area (Å²) in [6.07, 6.45) is 7.52. The molecular formula is C22H35N6+. The van der Waals surface area contributed by atoms with Crippen LogP contribution in [0.1, 0.15) is 74.5 Å². The molecule has 1 aromatic carbocycles. The molecule has 1 N–H and O–H groups in total. The van der Waals surface area contributed by atoms with Crippen LogP contribution in [0.3, 0.4) is 0 Å². The minimum absolute atomic E-state index is 0.401. The summed E-state index contributed by atoms with van der Waals surface area (Å²) >= 11 is 0. The smallest absolute Gasteiger partial charge is 0.209 e. The number of aryl methyl sites for hydroxylation is 1. The maximum absolute atomic E-state index is 4.51. The molecule has 1 saturated heterocycles. The molecule has 6 nitrogen and oxygen atoms in total. The highest BCUT2D eigenvalue weighted by Crippen LogP contribution is 2.29. The third kappa shape index (κ3) is 3.79. The lowest BCUT2D eigenvalue weighted by atomic mass is 9.95. The molecule has 2 fully saturated rings. The lowest BCUT2D eigenvalue weighted by Crippen LogP contribution is -3.15. The number of aromatic nitrogens is 4. The van der Waals surface area contributed by atoms with Gasteiger partial charge in [-0.05, 0) is 54.3 Å². The van der Waals surface area contributed by atoms with Crippen LogP contribution in [0.2, 0.25) is 0 Å². The van der Waals surface area contributed by atoms with E-state index in [-0.39, 0.29) is 0 Å². The van der Waals surface area contributed by atoms with Gasteiger partial charge in [0.25, 0.3) is 0 Å². The molecule has 6 heteroatoms. The van der Waals surface area contributed by atoms with Crippen LogP contribution >= 0.6 is 0 Å². The first-order chi connectivity index (χ1) is 13.7. The summed E-state index contributed by atoms with van der Waals surface area (Å²) in [7, 11) is 0. The summed E-state index contributed by atoms with van der Waals surface area (Å²) in [5.41, 5.74) is 4.20. The van der Waals surface area contributed by atoms with Gasteiger partial charge in [0.15, 0.2) is 0 Å². The molecule has 0 spiro atoms. The van der Waals surface area contributed by atoms with E-state index < -0.39 is 0 Å². The monoisotopic (exact) mass is 383 g/mol. The van der Waals surface area contributed by atoms with Crippen LogP contribution < -0.4 is 9.80 Å². The zero-order chi connectivity index (χ0) is 19.5. The van der Waals surface area contributed by atoms with Crippen LogP contribution in [0.4, 0.5) is 5.69 Å². The van der Waals surface area contributed by atoms with Crippen molar-refractivity contribution < 1.29 is 4.90 Å². The second-order valence-corrected chi connectivity index (χ2v) is 8.60. The van der Waals surface area contributed by atoms with E-state index in [4.69, 9.17) is 0 Å². The number of nitrogens with zero attached hydrogens (tertiary/aromatic N) is 5. The third-order valence-electron chi connectivity index (χ3n) is 6.97. The third-order valence-corrected chi connectivity index (χ3v) is 6.97. The van der Waals surface area contributed by atoms with Gasteiger partial charge in [-0.1, -0.05) is 38.3 Å². The van der Waals surface area contributed by atoms with Crippen molar-refractivity contribution >= 4 is 5.69 Å². The Balaban J connectivity index is 1.46.